The van der Waals surface area contributed by atoms with Crippen molar-refractivity contribution in [1.82, 2.24) is 19.4 Å². The highest BCUT2D eigenvalue weighted by molar-refractivity contribution is 7.89. The van der Waals surface area contributed by atoms with Crippen LogP contribution in [0.25, 0.3) is 10.8 Å². The Bertz CT molecular complexity index is 1210. The molecule has 0 saturated carbocycles. The minimum Gasteiger partial charge on any atom is -0.419 e. The minimum absolute atomic E-state index is 0.217. The Kier molecular flexibility index (Phi) is 4.87. The number of fused-ring (bicyclic) bond motifs is 1. The van der Waals surface area contributed by atoms with Gasteiger partial charge < -0.3 is 4.42 Å². The summed E-state index contributed by atoms with van der Waals surface area (Å²) in [4.78, 5) is 3.27. The van der Waals surface area contributed by atoms with Crippen molar-refractivity contribution in [2.75, 3.05) is 26.2 Å². The first-order chi connectivity index (χ1) is 14.1. The SMILES string of the molecule is O=S(=O)(c1cccc2c1N=S=N2)N1CCN(Cc2nnc(-c3cccs3)o2)CC1. The van der Waals surface area contributed by atoms with Crippen molar-refractivity contribution in [3.05, 3.63) is 41.6 Å². The lowest BCUT2D eigenvalue weighted by Crippen LogP contribution is -2.48. The lowest BCUT2D eigenvalue weighted by molar-refractivity contribution is 0.168. The average Bonchev–Trinajstić information content (AvgIpc) is 3.48. The molecule has 2 aliphatic heterocycles. The number of sulfonamides is 1. The van der Waals surface area contributed by atoms with E-state index in [1.807, 2.05) is 17.5 Å². The zero-order chi connectivity index (χ0) is 19.8. The summed E-state index contributed by atoms with van der Waals surface area (Å²) in [5.41, 5.74) is 1.04. The van der Waals surface area contributed by atoms with E-state index < -0.39 is 10.0 Å². The average molecular weight is 449 g/mol. The van der Waals surface area contributed by atoms with Crippen molar-refractivity contribution in [2.45, 2.75) is 11.4 Å². The number of benzene rings is 1. The molecule has 5 rings (SSSR count). The molecule has 0 radical (unpaired) electrons. The van der Waals surface area contributed by atoms with Crippen LogP contribution in [0, 0.1) is 0 Å². The molecule has 12 heteroatoms. The highest BCUT2D eigenvalue weighted by Crippen LogP contribution is 2.38. The number of piperazine rings is 1. The molecule has 9 nitrogen and oxygen atoms in total. The van der Waals surface area contributed by atoms with Gasteiger partial charge >= 0.3 is 0 Å². The van der Waals surface area contributed by atoms with Crippen LogP contribution < -0.4 is 0 Å². The van der Waals surface area contributed by atoms with Gasteiger partial charge in [0.2, 0.25) is 15.9 Å². The van der Waals surface area contributed by atoms with Crippen LogP contribution >= 0.6 is 11.3 Å². The second kappa shape index (κ2) is 7.54. The van der Waals surface area contributed by atoms with Gasteiger partial charge in [0.1, 0.15) is 16.3 Å². The van der Waals surface area contributed by atoms with Crippen molar-refractivity contribution in [2.24, 2.45) is 8.73 Å². The quantitative estimate of drug-likeness (QED) is 0.465. The van der Waals surface area contributed by atoms with Gasteiger partial charge in [0.05, 0.1) is 22.8 Å². The summed E-state index contributed by atoms with van der Waals surface area (Å²) in [6, 6.07) is 8.93. The maximum absolute atomic E-state index is 13.1. The van der Waals surface area contributed by atoms with E-state index in [-0.39, 0.29) is 4.90 Å². The lowest BCUT2D eigenvalue weighted by Gasteiger charge is -2.33. The van der Waals surface area contributed by atoms with E-state index in [1.54, 1.807) is 29.5 Å². The molecule has 4 heterocycles. The molecule has 0 atom stereocenters. The molecule has 1 aromatic carbocycles. The molecular formula is C17H16N6O3S3. The molecule has 29 heavy (non-hydrogen) atoms. The molecule has 0 aliphatic carbocycles. The Morgan fingerprint density at radius 1 is 1.03 bits per heavy atom. The van der Waals surface area contributed by atoms with Crippen LogP contribution in [0.2, 0.25) is 0 Å². The van der Waals surface area contributed by atoms with Crippen LogP contribution in [-0.2, 0) is 27.9 Å². The third kappa shape index (κ3) is 3.57. The van der Waals surface area contributed by atoms with Gasteiger partial charge in [-0.25, -0.2) is 8.42 Å². The Balaban J connectivity index is 1.25. The van der Waals surface area contributed by atoms with Crippen molar-refractivity contribution in [3.8, 4) is 10.8 Å². The molecule has 1 fully saturated rings. The molecule has 0 spiro atoms. The van der Waals surface area contributed by atoms with Gasteiger partial charge in [0.15, 0.2) is 0 Å². The fourth-order valence-corrected chi connectivity index (χ4v) is 6.08. The van der Waals surface area contributed by atoms with Crippen molar-refractivity contribution < 1.29 is 12.8 Å². The number of hydrogen-bond donors (Lipinski definition) is 0. The lowest BCUT2D eigenvalue weighted by atomic mass is 10.3. The summed E-state index contributed by atoms with van der Waals surface area (Å²) in [5, 5.41) is 10.2. The Labute approximate surface area is 174 Å². The monoisotopic (exact) mass is 448 g/mol. The van der Waals surface area contributed by atoms with Gasteiger partial charge in [0, 0.05) is 26.2 Å². The van der Waals surface area contributed by atoms with E-state index in [2.05, 4.69) is 23.8 Å². The summed E-state index contributed by atoms with van der Waals surface area (Å²) in [6.07, 6.45) is 0. The molecule has 0 N–H and O–H groups in total. The van der Waals surface area contributed by atoms with Gasteiger partial charge in [-0.3, -0.25) is 4.90 Å². The number of nitrogens with zero attached hydrogens (tertiary/aromatic N) is 6. The van der Waals surface area contributed by atoms with Gasteiger partial charge in [0.25, 0.3) is 5.89 Å². The van der Waals surface area contributed by atoms with E-state index in [4.69, 9.17) is 4.42 Å². The number of thiophene rings is 1. The van der Waals surface area contributed by atoms with Crippen LogP contribution in [0.5, 0.6) is 0 Å². The van der Waals surface area contributed by atoms with E-state index >= 15 is 0 Å². The zero-order valence-corrected chi connectivity index (χ0v) is 17.6. The highest BCUT2D eigenvalue weighted by atomic mass is 32.2. The molecule has 0 unspecified atom stereocenters. The van der Waals surface area contributed by atoms with Crippen molar-refractivity contribution in [1.29, 1.82) is 0 Å². The standard InChI is InChI=1S/C17H16N6O3S3/c24-29(25,14-5-1-3-12-16(14)21-28-20-12)23-8-6-22(7-9-23)11-15-18-19-17(26-15)13-4-2-10-27-13/h1-5,10H,6-9,11H2. The molecule has 2 aliphatic rings. The topological polar surface area (TPSA) is 104 Å². The Hall–Kier alpha value is -2.25. The fraction of sp³-hybridized carbons (Fsp3) is 0.294. The van der Waals surface area contributed by atoms with Gasteiger partial charge in [-0.2, -0.15) is 13.0 Å². The van der Waals surface area contributed by atoms with Crippen molar-refractivity contribution >= 4 is 44.1 Å². The Morgan fingerprint density at radius 3 is 2.69 bits per heavy atom. The fourth-order valence-electron chi connectivity index (χ4n) is 3.27. The second-order valence-electron chi connectivity index (χ2n) is 6.55. The smallest absolute Gasteiger partial charge is 0.257 e. The van der Waals surface area contributed by atoms with Crippen LogP contribution in [0.15, 0.2) is 53.7 Å². The van der Waals surface area contributed by atoms with E-state index in [1.165, 1.54) is 4.31 Å². The summed E-state index contributed by atoms with van der Waals surface area (Å²) >= 11 is 2.56. The van der Waals surface area contributed by atoms with Gasteiger partial charge in [-0.1, -0.05) is 12.1 Å². The predicted molar refractivity (Wildman–Crippen MR) is 110 cm³/mol. The normalized spacial score (nSPS) is 17.4. The van der Waals surface area contributed by atoms with Crippen LogP contribution in [0.3, 0.4) is 0 Å². The molecule has 0 amide bonds. The maximum Gasteiger partial charge on any atom is 0.257 e. The first-order valence-corrected chi connectivity index (χ1v) is 12.0. The highest BCUT2D eigenvalue weighted by Gasteiger charge is 2.32. The van der Waals surface area contributed by atoms with Gasteiger partial charge in [-0.15, -0.1) is 21.5 Å². The van der Waals surface area contributed by atoms with E-state index in [0.717, 1.165) is 16.2 Å². The molecule has 150 valence electrons. The molecular weight excluding hydrogens is 432 g/mol. The largest absolute Gasteiger partial charge is 0.419 e. The van der Waals surface area contributed by atoms with Crippen molar-refractivity contribution in [3.63, 3.8) is 0 Å². The first kappa shape index (κ1) is 18.8. The van der Waals surface area contributed by atoms with Crippen LogP contribution in [0.1, 0.15) is 5.89 Å². The summed E-state index contributed by atoms with van der Waals surface area (Å²) in [5.74, 6) is 1.05. The maximum atomic E-state index is 13.1. The van der Waals surface area contributed by atoms with Gasteiger partial charge in [-0.05, 0) is 23.6 Å². The Morgan fingerprint density at radius 2 is 1.90 bits per heavy atom. The van der Waals surface area contributed by atoms with E-state index in [0.29, 0.717) is 55.9 Å². The van der Waals surface area contributed by atoms with Crippen LogP contribution in [0.4, 0.5) is 11.4 Å². The molecule has 2 aromatic heterocycles. The first-order valence-electron chi connectivity index (χ1n) is 8.91. The minimum atomic E-state index is -3.62. The number of hydrogen-bond acceptors (Lipinski definition) is 9. The third-order valence-corrected chi connectivity index (χ3v) is 8.09. The summed E-state index contributed by atoms with van der Waals surface area (Å²) in [7, 11) is -3.62. The second-order valence-corrected chi connectivity index (χ2v) is 9.93. The summed E-state index contributed by atoms with van der Waals surface area (Å²) in [6.45, 7) is 2.45. The molecule has 3 aromatic rings. The predicted octanol–water partition coefficient (Wildman–Crippen LogP) is 3.03. The van der Waals surface area contributed by atoms with E-state index in [9.17, 15) is 8.42 Å². The number of aromatic nitrogens is 2. The zero-order valence-electron chi connectivity index (χ0n) is 15.1. The molecule has 1 saturated heterocycles. The summed E-state index contributed by atoms with van der Waals surface area (Å²) < 4.78 is 41.7. The van der Waals surface area contributed by atoms with Crippen LogP contribution in [-0.4, -0.2) is 54.0 Å². The third-order valence-electron chi connectivity index (χ3n) is 4.76. The number of rotatable bonds is 5. The molecule has 0 bridgehead atoms.